The second kappa shape index (κ2) is 7.85. The van der Waals surface area contributed by atoms with Crippen LogP contribution in [-0.2, 0) is 28.0 Å². The summed E-state index contributed by atoms with van der Waals surface area (Å²) in [5, 5.41) is 0. The molecule has 1 aromatic carbocycles. The van der Waals surface area contributed by atoms with Gasteiger partial charge in [0.05, 0.1) is 5.41 Å². The number of aryl methyl sites for hydroxylation is 2. The highest BCUT2D eigenvalue weighted by Gasteiger charge is 2.41. The lowest BCUT2D eigenvalue weighted by atomic mass is 9.70. The van der Waals surface area contributed by atoms with E-state index in [0.717, 1.165) is 17.8 Å². The fourth-order valence-corrected chi connectivity index (χ4v) is 3.97. The van der Waals surface area contributed by atoms with Crippen molar-refractivity contribution in [1.29, 1.82) is 0 Å². The molecule has 1 aliphatic heterocycles. The number of carbonyl (C=O) groups is 2. The number of imidazole rings is 1. The Kier molecular flexibility index (Phi) is 5.55. The molecule has 1 amide bonds. The summed E-state index contributed by atoms with van der Waals surface area (Å²) in [6, 6.07) is 9.99. The number of likely N-dealkylation sites (tertiary alicyclic amines) is 1. The first kappa shape index (κ1) is 18.4. The van der Waals surface area contributed by atoms with E-state index in [2.05, 4.69) is 11.9 Å². The van der Waals surface area contributed by atoms with Crippen molar-refractivity contribution in [3.05, 3.63) is 54.1 Å². The third-order valence-corrected chi connectivity index (χ3v) is 5.65. The fourth-order valence-electron chi connectivity index (χ4n) is 3.97. The smallest absolute Gasteiger partial charge is 0.224 e. The minimum Gasteiger partial charge on any atom is -0.343 e. The molecule has 1 saturated heterocycles. The molecule has 1 aromatic heterocycles. The minimum absolute atomic E-state index is 0.158. The Hall–Kier alpha value is -2.43. The first-order chi connectivity index (χ1) is 12.6. The van der Waals surface area contributed by atoms with E-state index in [1.165, 1.54) is 0 Å². The molecule has 5 heteroatoms. The molecule has 0 unspecified atom stereocenters. The zero-order valence-corrected chi connectivity index (χ0v) is 15.6. The molecule has 1 aliphatic rings. The van der Waals surface area contributed by atoms with Gasteiger partial charge in [0.15, 0.2) is 0 Å². The molecule has 0 atom stereocenters. The van der Waals surface area contributed by atoms with Crippen molar-refractivity contribution in [1.82, 2.24) is 14.5 Å². The van der Waals surface area contributed by atoms with Gasteiger partial charge in [0.25, 0.3) is 0 Å². The van der Waals surface area contributed by atoms with Gasteiger partial charge in [-0.05, 0) is 25.3 Å². The molecule has 2 heterocycles. The number of hydrogen-bond acceptors (Lipinski definition) is 3. The molecule has 1 fully saturated rings. The first-order valence-electron chi connectivity index (χ1n) is 9.41. The molecule has 5 nitrogen and oxygen atoms in total. The Balaban J connectivity index is 1.62. The number of benzene rings is 1. The minimum atomic E-state index is -0.447. The topological polar surface area (TPSA) is 55.2 Å². The molecule has 138 valence electrons. The van der Waals surface area contributed by atoms with Crippen LogP contribution >= 0.6 is 0 Å². The number of hydrogen-bond donors (Lipinski definition) is 0. The van der Waals surface area contributed by atoms with Crippen molar-refractivity contribution in [2.45, 2.75) is 51.5 Å². The van der Waals surface area contributed by atoms with Gasteiger partial charge in [0.2, 0.25) is 5.91 Å². The first-order valence-corrected chi connectivity index (χ1v) is 9.41. The Morgan fingerprint density at radius 1 is 1.15 bits per heavy atom. The van der Waals surface area contributed by atoms with E-state index >= 15 is 0 Å². The van der Waals surface area contributed by atoms with Crippen LogP contribution in [0.2, 0.25) is 0 Å². The number of ketones is 1. The second-order valence-electron chi connectivity index (χ2n) is 7.03. The quantitative estimate of drug-likeness (QED) is 0.802. The summed E-state index contributed by atoms with van der Waals surface area (Å²) in [7, 11) is 0. The highest BCUT2D eigenvalue weighted by atomic mass is 16.2. The fraction of sp³-hybridized carbons (Fsp3) is 0.476. The monoisotopic (exact) mass is 353 g/mol. The molecule has 26 heavy (non-hydrogen) atoms. The largest absolute Gasteiger partial charge is 0.343 e. The summed E-state index contributed by atoms with van der Waals surface area (Å²) in [6.07, 6.45) is 6.45. The molecule has 0 spiro atoms. The van der Waals surface area contributed by atoms with Crippen LogP contribution in [0.1, 0.15) is 44.5 Å². The summed E-state index contributed by atoms with van der Waals surface area (Å²) < 4.78 is 2.05. The van der Waals surface area contributed by atoms with Crippen LogP contribution in [0.3, 0.4) is 0 Å². The third kappa shape index (κ3) is 3.57. The van der Waals surface area contributed by atoms with Gasteiger partial charge < -0.3 is 9.47 Å². The molecular weight excluding hydrogens is 326 g/mol. The number of aromatic nitrogens is 2. The van der Waals surface area contributed by atoms with Crippen LogP contribution in [0.15, 0.2) is 42.7 Å². The van der Waals surface area contributed by atoms with Gasteiger partial charge >= 0.3 is 0 Å². The second-order valence-corrected chi connectivity index (χ2v) is 7.03. The molecule has 0 aliphatic carbocycles. The van der Waals surface area contributed by atoms with Crippen LogP contribution < -0.4 is 0 Å². The number of amides is 1. The molecular formula is C21H27N3O2. The van der Waals surface area contributed by atoms with E-state index < -0.39 is 5.41 Å². The maximum absolute atomic E-state index is 12.6. The highest BCUT2D eigenvalue weighted by molar-refractivity contribution is 5.88. The lowest BCUT2D eigenvalue weighted by molar-refractivity contribution is -0.135. The predicted molar refractivity (Wildman–Crippen MR) is 101 cm³/mol. The van der Waals surface area contributed by atoms with Gasteiger partial charge in [0, 0.05) is 44.9 Å². The normalized spacial score (nSPS) is 16.5. The lowest BCUT2D eigenvalue weighted by Crippen LogP contribution is -2.48. The summed E-state index contributed by atoms with van der Waals surface area (Å²) in [4.78, 5) is 31.3. The average Bonchev–Trinajstić information content (AvgIpc) is 3.14. The zero-order chi connectivity index (χ0) is 18.6. The van der Waals surface area contributed by atoms with E-state index in [0.29, 0.717) is 38.9 Å². The van der Waals surface area contributed by atoms with E-state index in [-0.39, 0.29) is 11.7 Å². The summed E-state index contributed by atoms with van der Waals surface area (Å²) in [5.41, 5.74) is 0.628. The van der Waals surface area contributed by atoms with Crippen molar-refractivity contribution in [2.75, 3.05) is 13.1 Å². The summed E-state index contributed by atoms with van der Waals surface area (Å²) in [5.74, 6) is 1.36. The van der Waals surface area contributed by atoms with Crippen LogP contribution in [0, 0.1) is 0 Å². The van der Waals surface area contributed by atoms with Crippen molar-refractivity contribution in [3.63, 3.8) is 0 Å². The zero-order valence-electron chi connectivity index (χ0n) is 15.6. The van der Waals surface area contributed by atoms with Gasteiger partial charge in [-0.3, -0.25) is 9.59 Å². The number of piperidine rings is 1. The lowest BCUT2D eigenvalue weighted by Gasteiger charge is -2.40. The average molecular weight is 353 g/mol. The maximum Gasteiger partial charge on any atom is 0.224 e. The molecule has 0 bridgehead atoms. The van der Waals surface area contributed by atoms with Gasteiger partial charge in [-0.1, -0.05) is 37.3 Å². The van der Waals surface area contributed by atoms with Gasteiger partial charge in [-0.15, -0.1) is 0 Å². The number of Topliss-reactive ketones (excluding diaryl/α,β-unsaturated/α-hetero) is 1. The Labute approximate surface area is 155 Å². The van der Waals surface area contributed by atoms with Gasteiger partial charge in [-0.2, -0.15) is 0 Å². The van der Waals surface area contributed by atoms with Crippen LogP contribution in [-0.4, -0.2) is 39.2 Å². The van der Waals surface area contributed by atoms with E-state index in [1.54, 1.807) is 13.1 Å². The van der Waals surface area contributed by atoms with Gasteiger partial charge in [-0.25, -0.2) is 4.98 Å². The maximum atomic E-state index is 12.6. The van der Waals surface area contributed by atoms with Crippen LogP contribution in [0.4, 0.5) is 0 Å². The number of carbonyl (C=O) groups excluding carboxylic acids is 2. The Morgan fingerprint density at radius 3 is 2.46 bits per heavy atom. The third-order valence-electron chi connectivity index (χ3n) is 5.65. The molecule has 0 saturated carbocycles. The Bertz CT molecular complexity index is 759. The predicted octanol–water partition coefficient (Wildman–Crippen LogP) is 2.99. The Morgan fingerprint density at radius 2 is 1.85 bits per heavy atom. The number of nitrogens with zero attached hydrogens (tertiary/aromatic N) is 3. The van der Waals surface area contributed by atoms with Crippen molar-refractivity contribution in [3.8, 4) is 0 Å². The molecule has 0 radical (unpaired) electrons. The standard InChI is InChI=1S/C21H27N3O2/c1-3-19-22-12-16-23(19)13-9-20(26)24-14-10-21(11-15-24,17(2)25)18-7-5-4-6-8-18/h4-8,12,16H,3,9-11,13-15H2,1-2H3. The summed E-state index contributed by atoms with van der Waals surface area (Å²) >= 11 is 0. The van der Waals surface area contributed by atoms with Crippen molar-refractivity contribution < 1.29 is 9.59 Å². The highest BCUT2D eigenvalue weighted by Crippen LogP contribution is 2.36. The van der Waals surface area contributed by atoms with Crippen molar-refractivity contribution in [2.24, 2.45) is 0 Å². The van der Waals surface area contributed by atoms with E-state index in [9.17, 15) is 9.59 Å². The van der Waals surface area contributed by atoms with E-state index in [4.69, 9.17) is 0 Å². The molecule has 3 rings (SSSR count). The van der Waals surface area contributed by atoms with Gasteiger partial charge in [0.1, 0.15) is 11.6 Å². The summed E-state index contributed by atoms with van der Waals surface area (Å²) in [6.45, 7) is 5.68. The molecule has 2 aromatic rings. The molecule has 0 N–H and O–H groups in total. The number of rotatable bonds is 6. The SMILES string of the molecule is CCc1nccn1CCC(=O)N1CCC(C(C)=O)(c2ccccc2)CC1. The van der Waals surface area contributed by atoms with Crippen LogP contribution in [0.5, 0.6) is 0 Å². The van der Waals surface area contributed by atoms with E-state index in [1.807, 2.05) is 46.0 Å². The van der Waals surface area contributed by atoms with Crippen molar-refractivity contribution >= 4 is 11.7 Å². The van der Waals surface area contributed by atoms with Crippen LogP contribution in [0.25, 0.3) is 0 Å².